The second-order valence-corrected chi connectivity index (χ2v) is 5.36. The van der Waals surface area contributed by atoms with Gasteiger partial charge in [-0.15, -0.1) is 0 Å². The molecule has 0 amide bonds. The second-order valence-electron chi connectivity index (χ2n) is 3.96. The number of carbonyl (C=O) groups excluding carboxylic acids is 1. The van der Waals surface area contributed by atoms with Crippen molar-refractivity contribution in [2.75, 3.05) is 11.5 Å². The Bertz CT molecular complexity index is 504. The lowest BCUT2D eigenvalue weighted by Gasteiger charge is -2.06. The van der Waals surface area contributed by atoms with E-state index in [1.165, 1.54) is 11.5 Å². The highest BCUT2D eigenvalue weighted by atomic mass is 32.2. The predicted molar refractivity (Wildman–Crippen MR) is 74.9 cm³/mol. The Kier molecular flexibility index (Phi) is 4.26. The van der Waals surface area contributed by atoms with Gasteiger partial charge in [-0.2, -0.15) is 11.8 Å². The van der Waals surface area contributed by atoms with Crippen LogP contribution in [0.2, 0.25) is 0 Å². The molecule has 0 bridgehead atoms. The third kappa shape index (κ3) is 2.72. The van der Waals surface area contributed by atoms with Gasteiger partial charge in [0.25, 0.3) is 0 Å². The molecule has 90 valence electrons. The first-order valence-electron chi connectivity index (χ1n) is 5.97. The van der Waals surface area contributed by atoms with Crippen molar-refractivity contribution < 1.29 is 4.79 Å². The van der Waals surface area contributed by atoms with E-state index < -0.39 is 0 Å². The third-order valence-electron chi connectivity index (χ3n) is 2.84. The van der Waals surface area contributed by atoms with E-state index >= 15 is 0 Å². The summed E-state index contributed by atoms with van der Waals surface area (Å²) in [4.78, 5) is 11.0. The number of thioether (sulfide) groups is 1. The van der Waals surface area contributed by atoms with Gasteiger partial charge >= 0.3 is 0 Å². The van der Waals surface area contributed by atoms with Gasteiger partial charge < -0.3 is 4.57 Å². The number of rotatable bonds is 6. The number of fused-ring (bicyclic) bond motifs is 1. The summed E-state index contributed by atoms with van der Waals surface area (Å²) in [5.74, 6) is 2.35. The minimum absolute atomic E-state index is 0.788. The molecular formula is C14H17NOS. The number of hydrogen-bond donors (Lipinski definition) is 0. The van der Waals surface area contributed by atoms with Crippen molar-refractivity contribution in [2.45, 2.75) is 19.9 Å². The molecule has 0 aliphatic heterocycles. The summed E-state index contributed by atoms with van der Waals surface area (Å²) in [5.41, 5.74) is 1.86. The number of para-hydroxylation sites is 1. The van der Waals surface area contributed by atoms with Crippen LogP contribution in [0.3, 0.4) is 0 Å². The molecule has 1 aromatic carbocycles. The van der Waals surface area contributed by atoms with Crippen molar-refractivity contribution in [2.24, 2.45) is 0 Å². The highest BCUT2D eigenvalue weighted by molar-refractivity contribution is 7.99. The number of aromatic nitrogens is 1. The fourth-order valence-electron chi connectivity index (χ4n) is 2.05. The summed E-state index contributed by atoms with van der Waals surface area (Å²) < 4.78 is 2.19. The Morgan fingerprint density at radius 2 is 2.24 bits per heavy atom. The lowest BCUT2D eigenvalue weighted by molar-refractivity contribution is 0.112. The van der Waals surface area contributed by atoms with E-state index in [0.29, 0.717) is 0 Å². The standard InChI is InChI=1S/C14H17NOS/c1-2-17-10-4-8-15-9-7-12-5-3-6-13(11-16)14(12)15/h3,5-7,9,11H,2,4,8,10H2,1H3. The van der Waals surface area contributed by atoms with Crippen LogP contribution in [0.4, 0.5) is 0 Å². The maximum atomic E-state index is 11.0. The van der Waals surface area contributed by atoms with Crippen LogP contribution < -0.4 is 0 Å². The van der Waals surface area contributed by atoms with Crippen LogP contribution >= 0.6 is 11.8 Å². The van der Waals surface area contributed by atoms with Gasteiger partial charge in [-0.25, -0.2) is 0 Å². The van der Waals surface area contributed by atoms with Crippen molar-refractivity contribution >= 4 is 29.0 Å². The van der Waals surface area contributed by atoms with E-state index in [1.807, 2.05) is 23.9 Å². The molecule has 0 aliphatic rings. The van der Waals surface area contributed by atoms with Crippen LogP contribution in [0.25, 0.3) is 10.9 Å². The molecule has 0 spiro atoms. The first-order valence-corrected chi connectivity index (χ1v) is 7.13. The topological polar surface area (TPSA) is 22.0 Å². The summed E-state index contributed by atoms with van der Waals surface area (Å²) in [6.07, 6.45) is 4.17. The zero-order chi connectivity index (χ0) is 12.1. The number of aryl methyl sites for hydroxylation is 1. The Morgan fingerprint density at radius 3 is 3.00 bits per heavy atom. The molecule has 0 radical (unpaired) electrons. The van der Waals surface area contributed by atoms with Crippen molar-refractivity contribution in [1.82, 2.24) is 4.57 Å². The van der Waals surface area contributed by atoms with Crippen LogP contribution in [0.1, 0.15) is 23.7 Å². The van der Waals surface area contributed by atoms with Gasteiger partial charge in [0.1, 0.15) is 0 Å². The number of hydrogen-bond acceptors (Lipinski definition) is 2. The summed E-state index contributed by atoms with van der Waals surface area (Å²) in [6.45, 7) is 3.17. The quantitative estimate of drug-likeness (QED) is 0.575. The zero-order valence-electron chi connectivity index (χ0n) is 10.1. The normalized spacial score (nSPS) is 10.9. The molecule has 0 saturated carbocycles. The van der Waals surface area contributed by atoms with E-state index in [0.717, 1.165) is 35.7 Å². The molecule has 3 heteroatoms. The lowest BCUT2D eigenvalue weighted by atomic mass is 10.1. The minimum Gasteiger partial charge on any atom is -0.347 e. The fourth-order valence-corrected chi connectivity index (χ4v) is 2.68. The molecule has 0 atom stereocenters. The average molecular weight is 247 g/mol. The largest absolute Gasteiger partial charge is 0.347 e. The van der Waals surface area contributed by atoms with Crippen molar-refractivity contribution in [3.63, 3.8) is 0 Å². The van der Waals surface area contributed by atoms with Crippen molar-refractivity contribution in [3.05, 3.63) is 36.0 Å². The SMILES string of the molecule is CCSCCCn1ccc2cccc(C=O)c21. The first-order chi connectivity index (χ1) is 8.36. The number of nitrogens with zero attached hydrogens (tertiary/aromatic N) is 1. The number of aldehydes is 1. The fraction of sp³-hybridized carbons (Fsp3) is 0.357. The van der Waals surface area contributed by atoms with Crippen LogP contribution in [-0.2, 0) is 6.54 Å². The van der Waals surface area contributed by atoms with Gasteiger partial charge in [-0.3, -0.25) is 4.79 Å². The lowest BCUT2D eigenvalue weighted by Crippen LogP contribution is -1.99. The minimum atomic E-state index is 0.788. The Labute approximate surface area is 106 Å². The maximum absolute atomic E-state index is 11.0. The van der Waals surface area contributed by atoms with Gasteiger partial charge in [0.05, 0.1) is 5.52 Å². The molecule has 1 aromatic heterocycles. The molecule has 0 fully saturated rings. The summed E-state index contributed by atoms with van der Waals surface area (Å²) in [7, 11) is 0. The van der Waals surface area contributed by atoms with Crippen LogP contribution in [-0.4, -0.2) is 22.4 Å². The molecule has 2 nitrogen and oxygen atoms in total. The van der Waals surface area contributed by atoms with Gasteiger partial charge in [0.15, 0.2) is 6.29 Å². The first kappa shape index (κ1) is 12.2. The predicted octanol–water partition coefficient (Wildman–Crippen LogP) is 3.60. The van der Waals surface area contributed by atoms with E-state index in [4.69, 9.17) is 0 Å². The van der Waals surface area contributed by atoms with Gasteiger partial charge in [-0.05, 0) is 30.1 Å². The van der Waals surface area contributed by atoms with E-state index in [9.17, 15) is 4.79 Å². The monoisotopic (exact) mass is 247 g/mol. The van der Waals surface area contributed by atoms with Gasteiger partial charge in [-0.1, -0.05) is 19.1 Å². The third-order valence-corrected chi connectivity index (χ3v) is 3.82. The molecule has 0 unspecified atom stereocenters. The van der Waals surface area contributed by atoms with Crippen LogP contribution in [0, 0.1) is 0 Å². The van der Waals surface area contributed by atoms with E-state index in [-0.39, 0.29) is 0 Å². The van der Waals surface area contributed by atoms with Crippen molar-refractivity contribution in [1.29, 1.82) is 0 Å². The van der Waals surface area contributed by atoms with Gasteiger partial charge in [0.2, 0.25) is 0 Å². The molecule has 0 aliphatic carbocycles. The smallest absolute Gasteiger partial charge is 0.152 e. The molecule has 2 rings (SSSR count). The molecule has 0 N–H and O–H groups in total. The maximum Gasteiger partial charge on any atom is 0.152 e. The average Bonchev–Trinajstić information content (AvgIpc) is 2.78. The zero-order valence-corrected chi connectivity index (χ0v) is 10.9. The number of benzene rings is 1. The Hall–Kier alpha value is -1.22. The van der Waals surface area contributed by atoms with E-state index in [2.05, 4.69) is 29.8 Å². The van der Waals surface area contributed by atoms with E-state index in [1.54, 1.807) is 0 Å². The molecular weight excluding hydrogens is 230 g/mol. The van der Waals surface area contributed by atoms with Crippen LogP contribution in [0.5, 0.6) is 0 Å². The summed E-state index contributed by atoms with van der Waals surface area (Å²) in [5, 5.41) is 1.15. The molecule has 0 saturated heterocycles. The highest BCUT2D eigenvalue weighted by Crippen LogP contribution is 2.19. The summed E-state index contributed by atoms with van der Waals surface area (Å²) >= 11 is 1.96. The molecule has 1 heterocycles. The van der Waals surface area contributed by atoms with Gasteiger partial charge in [0, 0.05) is 23.7 Å². The molecule has 17 heavy (non-hydrogen) atoms. The molecule has 2 aromatic rings. The van der Waals surface area contributed by atoms with Crippen molar-refractivity contribution in [3.8, 4) is 0 Å². The number of carbonyl (C=O) groups is 1. The Balaban J connectivity index is 2.19. The second kappa shape index (κ2) is 5.92. The van der Waals surface area contributed by atoms with Crippen LogP contribution in [0.15, 0.2) is 30.5 Å². The highest BCUT2D eigenvalue weighted by Gasteiger charge is 2.05. The summed E-state index contributed by atoms with van der Waals surface area (Å²) in [6, 6.07) is 7.95. The Morgan fingerprint density at radius 1 is 1.35 bits per heavy atom.